The molecule has 0 saturated heterocycles. The third kappa shape index (κ3) is 3.06. The van der Waals surface area contributed by atoms with Gasteiger partial charge in [0, 0.05) is 15.6 Å². The van der Waals surface area contributed by atoms with Crippen LogP contribution in [-0.2, 0) is 21.4 Å². The van der Waals surface area contributed by atoms with Crippen LogP contribution >= 0.6 is 23.2 Å². The van der Waals surface area contributed by atoms with E-state index in [0.717, 1.165) is 0 Å². The molecule has 0 aliphatic carbocycles. The van der Waals surface area contributed by atoms with Gasteiger partial charge in [0.05, 0.1) is 16.6 Å². The van der Waals surface area contributed by atoms with Gasteiger partial charge < -0.3 is 0 Å². The van der Waals surface area contributed by atoms with E-state index >= 15 is 0 Å². The fourth-order valence-corrected chi connectivity index (χ4v) is 3.52. The average molecular weight is 306 g/mol. The summed E-state index contributed by atoms with van der Waals surface area (Å²) in [5.74, 6) is 0.261. The Hall–Kier alpha value is -0.550. The van der Waals surface area contributed by atoms with E-state index in [1.165, 1.54) is 0 Å². The van der Waals surface area contributed by atoms with Crippen LogP contribution in [0.2, 0.25) is 10.0 Å². The van der Waals surface area contributed by atoms with Gasteiger partial charge in [-0.3, -0.25) is 14.5 Å². The van der Waals surface area contributed by atoms with Crippen LogP contribution in [0.5, 0.6) is 0 Å². The van der Waals surface area contributed by atoms with Gasteiger partial charge in [0.25, 0.3) is 0 Å². The number of rotatable bonds is 3. The minimum absolute atomic E-state index is 0.261. The van der Waals surface area contributed by atoms with Crippen LogP contribution in [0.3, 0.4) is 0 Å². The molecule has 0 unspecified atom stereocenters. The third-order valence-corrected chi connectivity index (χ3v) is 4.43. The molecule has 0 radical (unpaired) electrons. The quantitative estimate of drug-likeness (QED) is 0.930. The van der Waals surface area contributed by atoms with Gasteiger partial charge in [-0.15, -0.1) is 0 Å². The number of hydrogen-bond donors (Lipinski definition) is 1. The van der Waals surface area contributed by atoms with E-state index in [9.17, 15) is 4.21 Å². The molecule has 2 rings (SSSR count). The van der Waals surface area contributed by atoms with Crippen LogP contribution in [0, 0.1) is 0 Å². The zero-order chi connectivity index (χ0) is 13.3. The molecule has 0 amide bonds. The molecule has 18 heavy (non-hydrogen) atoms. The molecule has 1 heterocycles. The maximum absolute atomic E-state index is 12.2. The lowest BCUT2D eigenvalue weighted by molar-refractivity contribution is -0.0128. The fourth-order valence-electron chi connectivity index (χ4n) is 1.55. The third-order valence-electron chi connectivity index (χ3n) is 2.48. The fraction of sp³-hybridized carbons (Fsp3) is 0.333. The Balaban J connectivity index is 2.18. The van der Waals surface area contributed by atoms with Crippen molar-refractivity contribution in [1.82, 2.24) is 5.48 Å². The molecule has 1 aliphatic rings. The lowest BCUT2D eigenvalue weighted by Gasteiger charge is -2.11. The molecule has 1 N–H and O–H groups in total. The normalized spacial score (nSPS) is 19.2. The van der Waals surface area contributed by atoms with Crippen LogP contribution in [-0.4, -0.2) is 9.81 Å². The van der Waals surface area contributed by atoms with Crippen molar-refractivity contribution in [2.45, 2.75) is 25.2 Å². The highest BCUT2D eigenvalue weighted by Gasteiger charge is 2.27. The van der Waals surface area contributed by atoms with E-state index in [-0.39, 0.29) is 5.75 Å². The monoisotopic (exact) mass is 305 g/mol. The van der Waals surface area contributed by atoms with Gasteiger partial charge in [0.15, 0.2) is 0 Å². The molecule has 1 atom stereocenters. The Labute approximate surface area is 119 Å². The van der Waals surface area contributed by atoms with Gasteiger partial charge in [0.1, 0.15) is 10.6 Å². The van der Waals surface area contributed by atoms with Crippen molar-refractivity contribution in [1.29, 1.82) is 0 Å². The van der Waals surface area contributed by atoms with Crippen molar-refractivity contribution in [3.8, 4) is 0 Å². The summed E-state index contributed by atoms with van der Waals surface area (Å²) in [6, 6.07) is 5.23. The predicted molar refractivity (Wildman–Crippen MR) is 74.7 cm³/mol. The second kappa shape index (κ2) is 5.21. The highest BCUT2D eigenvalue weighted by Crippen LogP contribution is 2.28. The lowest BCUT2D eigenvalue weighted by atomic mass is 10.1. The minimum atomic E-state index is -1.26. The molecule has 0 fully saturated rings. The molecule has 0 spiro atoms. The molecule has 98 valence electrons. The maximum atomic E-state index is 12.2. The van der Waals surface area contributed by atoms with Crippen molar-refractivity contribution < 1.29 is 9.05 Å². The molecule has 6 heteroatoms. The summed E-state index contributed by atoms with van der Waals surface area (Å²) in [5.41, 5.74) is 2.92. The van der Waals surface area contributed by atoms with Crippen LogP contribution in [0.25, 0.3) is 0 Å². The Bertz CT molecular complexity index is 509. The summed E-state index contributed by atoms with van der Waals surface area (Å²) < 4.78 is 12.2. The smallest absolute Gasteiger partial charge is 0.124 e. The van der Waals surface area contributed by atoms with Crippen molar-refractivity contribution in [3.05, 3.63) is 44.9 Å². The first-order valence-corrected chi connectivity index (χ1v) is 7.45. The van der Waals surface area contributed by atoms with Gasteiger partial charge >= 0.3 is 0 Å². The SMILES string of the molecule is CC1(C)C=C([S@](=O)Cc2c(Cl)cccc2Cl)NO1. The molecule has 0 aromatic heterocycles. The lowest BCUT2D eigenvalue weighted by Crippen LogP contribution is -2.21. The Morgan fingerprint density at radius 2 is 1.94 bits per heavy atom. The largest absolute Gasteiger partial charge is 0.265 e. The van der Waals surface area contributed by atoms with E-state index in [1.807, 2.05) is 13.8 Å². The van der Waals surface area contributed by atoms with Crippen LogP contribution in [0.4, 0.5) is 0 Å². The number of hydrogen-bond acceptors (Lipinski definition) is 3. The van der Waals surface area contributed by atoms with Gasteiger partial charge in [-0.2, -0.15) is 0 Å². The van der Waals surface area contributed by atoms with Gasteiger partial charge in [-0.05, 0) is 32.1 Å². The van der Waals surface area contributed by atoms with Crippen LogP contribution < -0.4 is 5.48 Å². The predicted octanol–water partition coefficient (Wildman–Crippen LogP) is 3.40. The summed E-state index contributed by atoms with van der Waals surface area (Å²) in [6.45, 7) is 3.76. The van der Waals surface area contributed by atoms with Crippen molar-refractivity contribution in [3.63, 3.8) is 0 Å². The molecule has 1 aromatic carbocycles. The maximum Gasteiger partial charge on any atom is 0.124 e. The van der Waals surface area contributed by atoms with E-state index in [0.29, 0.717) is 20.6 Å². The van der Waals surface area contributed by atoms with Crippen molar-refractivity contribution in [2.24, 2.45) is 0 Å². The molecule has 1 aliphatic heterocycles. The van der Waals surface area contributed by atoms with Gasteiger partial charge in [-0.25, -0.2) is 0 Å². The molecule has 0 saturated carbocycles. The van der Waals surface area contributed by atoms with Crippen molar-refractivity contribution in [2.75, 3.05) is 0 Å². The Kier molecular flexibility index (Phi) is 4.02. The zero-order valence-electron chi connectivity index (χ0n) is 10.00. The first-order valence-electron chi connectivity index (χ1n) is 5.37. The molecule has 0 bridgehead atoms. The van der Waals surface area contributed by atoms with Crippen molar-refractivity contribution >= 4 is 34.0 Å². The molecule has 3 nitrogen and oxygen atoms in total. The molecular weight excluding hydrogens is 293 g/mol. The summed E-state index contributed by atoms with van der Waals surface area (Å²) in [5, 5.41) is 1.60. The first-order chi connectivity index (χ1) is 8.39. The topological polar surface area (TPSA) is 38.3 Å². The van der Waals surface area contributed by atoms with Gasteiger partial charge in [-0.1, -0.05) is 29.3 Å². The second-order valence-electron chi connectivity index (χ2n) is 4.51. The number of benzene rings is 1. The molecule has 1 aromatic rings. The van der Waals surface area contributed by atoms with E-state index in [2.05, 4.69) is 5.48 Å². The summed E-state index contributed by atoms with van der Waals surface area (Å²) in [4.78, 5) is 5.27. The summed E-state index contributed by atoms with van der Waals surface area (Å²) in [6.07, 6.45) is 1.80. The van der Waals surface area contributed by atoms with E-state index in [1.54, 1.807) is 24.3 Å². The first kappa shape index (κ1) is 13.9. The highest BCUT2D eigenvalue weighted by atomic mass is 35.5. The average Bonchev–Trinajstić information content (AvgIpc) is 2.64. The standard InChI is InChI=1S/C12H13Cl2NO2S/c1-12(2)6-11(15-17-12)18(16)7-8-9(13)4-3-5-10(8)14/h3-6,15H,7H2,1-2H3/t18-/m1/s1. The Morgan fingerprint density at radius 1 is 1.33 bits per heavy atom. The highest BCUT2D eigenvalue weighted by molar-refractivity contribution is 7.88. The number of halogens is 2. The van der Waals surface area contributed by atoms with Crippen LogP contribution in [0.1, 0.15) is 19.4 Å². The van der Waals surface area contributed by atoms with Gasteiger partial charge in [0.2, 0.25) is 0 Å². The zero-order valence-corrected chi connectivity index (χ0v) is 12.3. The number of hydroxylamine groups is 1. The number of nitrogens with one attached hydrogen (secondary N) is 1. The van der Waals surface area contributed by atoms with E-state index in [4.69, 9.17) is 28.0 Å². The van der Waals surface area contributed by atoms with E-state index < -0.39 is 16.4 Å². The minimum Gasteiger partial charge on any atom is -0.265 e. The van der Waals surface area contributed by atoms with Crippen LogP contribution in [0.15, 0.2) is 29.3 Å². The second-order valence-corrected chi connectivity index (χ2v) is 6.74. The Morgan fingerprint density at radius 3 is 2.44 bits per heavy atom. The summed E-state index contributed by atoms with van der Waals surface area (Å²) >= 11 is 12.1. The summed E-state index contributed by atoms with van der Waals surface area (Å²) in [7, 11) is -1.26. The molecular formula is C12H13Cl2NO2S.